The zero-order chi connectivity index (χ0) is 18.2. The van der Waals surface area contributed by atoms with Gasteiger partial charge >= 0.3 is 5.69 Å². The maximum atomic E-state index is 12.7. The van der Waals surface area contributed by atoms with E-state index in [2.05, 4.69) is 21.0 Å². The summed E-state index contributed by atoms with van der Waals surface area (Å²) in [6.07, 6.45) is 3.55. The Morgan fingerprint density at radius 1 is 0.815 bits per heavy atom. The Kier molecular flexibility index (Phi) is 3.50. The van der Waals surface area contributed by atoms with E-state index in [0.717, 1.165) is 39.2 Å². The lowest BCUT2D eigenvalue weighted by Gasteiger charge is -2.06. The number of H-pyrrole nitrogens is 2. The number of para-hydroxylation sites is 2. The standard InChI is InChI=1S/C22H16N4O/c27-22-25-18-10-4-5-11-20(18)26(22)21-17(15-7-2-1-3-8-15)13-19(24-21)16-9-6-12-23-14-16/h1-14,24H,(H,25,27). The number of aromatic amines is 2. The molecule has 3 aromatic heterocycles. The van der Waals surface area contributed by atoms with Crippen LogP contribution in [0.3, 0.4) is 0 Å². The monoisotopic (exact) mass is 352 g/mol. The van der Waals surface area contributed by atoms with Crippen molar-refractivity contribution in [2.45, 2.75) is 0 Å². The SMILES string of the molecule is O=c1[nH]c2ccccc2n1-c1[nH]c(-c2cccnc2)cc1-c1ccccc1. The van der Waals surface area contributed by atoms with Gasteiger partial charge in [-0.3, -0.25) is 4.98 Å². The minimum absolute atomic E-state index is 0.173. The fraction of sp³-hybridized carbons (Fsp3) is 0. The Balaban J connectivity index is 1.82. The van der Waals surface area contributed by atoms with E-state index in [1.807, 2.05) is 72.9 Å². The minimum atomic E-state index is -0.173. The molecule has 2 N–H and O–H groups in total. The molecule has 3 heterocycles. The van der Waals surface area contributed by atoms with Crippen molar-refractivity contribution in [2.24, 2.45) is 0 Å². The van der Waals surface area contributed by atoms with Crippen molar-refractivity contribution in [3.63, 3.8) is 0 Å². The maximum Gasteiger partial charge on any atom is 0.332 e. The molecule has 0 atom stereocenters. The van der Waals surface area contributed by atoms with E-state index < -0.39 is 0 Å². The highest BCUT2D eigenvalue weighted by molar-refractivity contribution is 5.83. The number of nitrogens with zero attached hydrogens (tertiary/aromatic N) is 2. The molecule has 27 heavy (non-hydrogen) atoms. The number of fused-ring (bicyclic) bond motifs is 1. The molecule has 5 nitrogen and oxygen atoms in total. The van der Waals surface area contributed by atoms with Crippen LogP contribution in [-0.4, -0.2) is 19.5 Å². The zero-order valence-corrected chi connectivity index (χ0v) is 14.4. The number of aromatic nitrogens is 4. The summed E-state index contributed by atoms with van der Waals surface area (Å²) in [6.45, 7) is 0. The molecule has 0 aliphatic rings. The van der Waals surface area contributed by atoms with Gasteiger partial charge in [0.05, 0.1) is 11.0 Å². The number of rotatable bonds is 3. The van der Waals surface area contributed by atoms with Crippen LogP contribution in [0.2, 0.25) is 0 Å². The van der Waals surface area contributed by atoms with Crippen molar-refractivity contribution in [3.8, 4) is 28.2 Å². The predicted octanol–water partition coefficient (Wildman–Crippen LogP) is 4.38. The first-order valence-corrected chi connectivity index (χ1v) is 8.70. The van der Waals surface area contributed by atoms with Crippen molar-refractivity contribution in [1.29, 1.82) is 0 Å². The summed E-state index contributed by atoms with van der Waals surface area (Å²) < 4.78 is 1.69. The molecule has 0 saturated carbocycles. The van der Waals surface area contributed by atoms with Crippen molar-refractivity contribution in [2.75, 3.05) is 0 Å². The van der Waals surface area contributed by atoms with Crippen molar-refractivity contribution < 1.29 is 0 Å². The molecule has 0 aliphatic carbocycles. The molecule has 0 amide bonds. The minimum Gasteiger partial charge on any atom is -0.340 e. The summed E-state index contributed by atoms with van der Waals surface area (Å²) in [4.78, 5) is 23.3. The van der Waals surface area contributed by atoms with Gasteiger partial charge in [-0.2, -0.15) is 0 Å². The van der Waals surface area contributed by atoms with E-state index in [4.69, 9.17) is 0 Å². The van der Waals surface area contributed by atoms with E-state index in [0.29, 0.717) is 0 Å². The largest absolute Gasteiger partial charge is 0.340 e. The number of imidazole rings is 1. The smallest absolute Gasteiger partial charge is 0.332 e. The van der Waals surface area contributed by atoms with E-state index in [9.17, 15) is 4.79 Å². The second-order valence-corrected chi connectivity index (χ2v) is 6.34. The molecular formula is C22H16N4O. The topological polar surface area (TPSA) is 66.5 Å². The summed E-state index contributed by atoms with van der Waals surface area (Å²) in [5.41, 5.74) is 5.34. The lowest BCUT2D eigenvalue weighted by Crippen LogP contribution is -2.15. The third-order valence-electron chi connectivity index (χ3n) is 4.67. The normalized spacial score (nSPS) is 11.1. The van der Waals surface area contributed by atoms with Crippen LogP contribution in [0.4, 0.5) is 0 Å². The maximum absolute atomic E-state index is 12.7. The molecule has 5 rings (SSSR count). The number of nitrogens with one attached hydrogen (secondary N) is 2. The highest BCUT2D eigenvalue weighted by Gasteiger charge is 2.17. The van der Waals surface area contributed by atoms with Crippen LogP contribution in [0.1, 0.15) is 0 Å². The molecule has 130 valence electrons. The highest BCUT2D eigenvalue weighted by atomic mass is 16.1. The predicted molar refractivity (Wildman–Crippen MR) is 107 cm³/mol. The Hall–Kier alpha value is -3.86. The van der Waals surface area contributed by atoms with Crippen LogP contribution in [0.25, 0.3) is 39.2 Å². The molecule has 5 aromatic rings. The molecule has 0 unspecified atom stereocenters. The molecule has 0 radical (unpaired) electrons. The van der Waals surface area contributed by atoms with E-state index in [1.165, 1.54) is 0 Å². The average molecular weight is 352 g/mol. The van der Waals surface area contributed by atoms with Crippen molar-refractivity contribution in [3.05, 3.63) is 95.7 Å². The van der Waals surface area contributed by atoms with Crippen molar-refractivity contribution >= 4 is 11.0 Å². The molecule has 0 saturated heterocycles. The summed E-state index contributed by atoms with van der Waals surface area (Å²) in [5, 5.41) is 0. The van der Waals surface area contributed by atoms with E-state index in [1.54, 1.807) is 10.8 Å². The first kappa shape index (κ1) is 15.4. The van der Waals surface area contributed by atoms with E-state index >= 15 is 0 Å². The molecule has 0 bridgehead atoms. The lowest BCUT2D eigenvalue weighted by molar-refractivity contribution is 0.982. The van der Waals surface area contributed by atoms with Gasteiger partial charge in [-0.05, 0) is 35.9 Å². The summed E-state index contributed by atoms with van der Waals surface area (Å²) in [6, 6.07) is 23.7. The number of pyridine rings is 1. The summed E-state index contributed by atoms with van der Waals surface area (Å²) >= 11 is 0. The fourth-order valence-corrected chi connectivity index (χ4v) is 3.41. The van der Waals surface area contributed by atoms with Crippen LogP contribution >= 0.6 is 0 Å². The number of benzene rings is 2. The number of hydrogen-bond donors (Lipinski definition) is 2. The first-order valence-electron chi connectivity index (χ1n) is 8.70. The highest BCUT2D eigenvalue weighted by Crippen LogP contribution is 2.32. The van der Waals surface area contributed by atoms with E-state index in [-0.39, 0.29) is 5.69 Å². The average Bonchev–Trinajstić information content (AvgIpc) is 3.29. The van der Waals surface area contributed by atoms with Gasteiger partial charge in [-0.1, -0.05) is 42.5 Å². The Bertz CT molecular complexity index is 1280. The van der Waals surface area contributed by atoms with Crippen LogP contribution in [0.5, 0.6) is 0 Å². The number of hydrogen-bond acceptors (Lipinski definition) is 2. The van der Waals surface area contributed by atoms with Crippen molar-refractivity contribution in [1.82, 2.24) is 19.5 Å². The third kappa shape index (κ3) is 2.57. The van der Waals surface area contributed by atoms with Gasteiger partial charge in [-0.25, -0.2) is 9.36 Å². The third-order valence-corrected chi connectivity index (χ3v) is 4.67. The molecule has 2 aromatic carbocycles. The van der Waals surface area contributed by atoms with Gasteiger partial charge in [0.2, 0.25) is 0 Å². The molecule has 0 aliphatic heterocycles. The summed E-state index contributed by atoms with van der Waals surface area (Å²) in [5.74, 6) is 0.738. The van der Waals surface area contributed by atoms with Gasteiger partial charge in [-0.15, -0.1) is 0 Å². The van der Waals surface area contributed by atoms with Crippen LogP contribution < -0.4 is 5.69 Å². The van der Waals surface area contributed by atoms with Crippen LogP contribution in [-0.2, 0) is 0 Å². The van der Waals surface area contributed by atoms with Crippen LogP contribution in [0.15, 0.2) is 90.0 Å². The Morgan fingerprint density at radius 3 is 2.41 bits per heavy atom. The Morgan fingerprint density at radius 2 is 1.59 bits per heavy atom. The molecule has 5 heteroatoms. The Labute approximate surface area is 155 Å². The second kappa shape index (κ2) is 6.14. The molecular weight excluding hydrogens is 336 g/mol. The van der Waals surface area contributed by atoms with Gasteiger partial charge < -0.3 is 9.97 Å². The summed E-state index contributed by atoms with van der Waals surface area (Å²) in [7, 11) is 0. The molecule has 0 spiro atoms. The quantitative estimate of drug-likeness (QED) is 0.506. The molecule has 0 fully saturated rings. The fourth-order valence-electron chi connectivity index (χ4n) is 3.41. The lowest BCUT2D eigenvalue weighted by atomic mass is 10.1. The second-order valence-electron chi connectivity index (χ2n) is 6.34. The van der Waals surface area contributed by atoms with Gasteiger partial charge in [0.1, 0.15) is 5.82 Å². The van der Waals surface area contributed by atoms with Gasteiger partial charge in [0, 0.05) is 29.2 Å². The van der Waals surface area contributed by atoms with Gasteiger partial charge in [0.15, 0.2) is 0 Å². The van der Waals surface area contributed by atoms with Crippen LogP contribution in [0, 0.1) is 0 Å². The zero-order valence-electron chi connectivity index (χ0n) is 14.4. The van der Waals surface area contributed by atoms with Gasteiger partial charge in [0.25, 0.3) is 0 Å². The first-order chi connectivity index (χ1) is 13.3.